The Bertz CT molecular complexity index is 462. The van der Waals surface area contributed by atoms with Crippen molar-refractivity contribution in [1.82, 2.24) is 10.2 Å². The number of likely N-dealkylation sites (tertiary alicyclic amines) is 1. The van der Waals surface area contributed by atoms with Gasteiger partial charge < -0.3 is 10.4 Å². The van der Waals surface area contributed by atoms with Gasteiger partial charge in [-0.15, -0.1) is 0 Å². The van der Waals surface area contributed by atoms with Crippen molar-refractivity contribution in [2.24, 2.45) is 0 Å². The Morgan fingerprint density at radius 1 is 1.32 bits per heavy atom. The summed E-state index contributed by atoms with van der Waals surface area (Å²) >= 11 is 5.85. The smallest absolute Gasteiger partial charge is 0.234 e. The third-order valence-corrected chi connectivity index (χ3v) is 4.46. The quantitative estimate of drug-likeness (QED) is 0.808. The van der Waals surface area contributed by atoms with Crippen LogP contribution in [0.1, 0.15) is 31.2 Å². The number of halogens is 1. The molecule has 0 aromatic heterocycles. The summed E-state index contributed by atoms with van der Waals surface area (Å²) < 4.78 is 0. The van der Waals surface area contributed by atoms with Crippen LogP contribution in [0.15, 0.2) is 24.3 Å². The molecule has 1 aromatic rings. The lowest BCUT2D eigenvalue weighted by Gasteiger charge is -2.34. The summed E-state index contributed by atoms with van der Waals surface area (Å²) in [6, 6.07) is 8.05. The minimum atomic E-state index is 0.0683. The second kappa shape index (κ2) is 9.13. The lowest BCUT2D eigenvalue weighted by atomic mass is 10.00. The van der Waals surface area contributed by atoms with E-state index < -0.39 is 0 Å². The highest BCUT2D eigenvalue weighted by Crippen LogP contribution is 2.18. The van der Waals surface area contributed by atoms with Crippen LogP contribution < -0.4 is 5.32 Å². The summed E-state index contributed by atoms with van der Waals surface area (Å²) in [5, 5.41) is 12.8. The van der Waals surface area contributed by atoms with Crippen LogP contribution in [0.5, 0.6) is 0 Å². The number of hydrogen-bond donors (Lipinski definition) is 2. The number of aliphatic hydroxyl groups is 1. The minimum absolute atomic E-state index is 0.0683. The number of carbonyl (C=O) groups excluding carboxylic acids is 1. The van der Waals surface area contributed by atoms with Gasteiger partial charge in [-0.3, -0.25) is 9.69 Å². The standard InChI is InChI=1S/C17H25ClN2O2/c18-15-6-4-14(5-7-15)8-10-19-17(22)13-20-11-2-1-3-16(20)9-12-21/h4-7,16,21H,1-3,8-13H2,(H,19,22). The monoisotopic (exact) mass is 324 g/mol. The fraction of sp³-hybridized carbons (Fsp3) is 0.588. The Hall–Kier alpha value is -1.10. The molecule has 1 heterocycles. The predicted molar refractivity (Wildman–Crippen MR) is 89.1 cm³/mol. The first-order chi connectivity index (χ1) is 10.7. The van der Waals surface area contributed by atoms with Gasteiger partial charge in [0.1, 0.15) is 0 Å². The Kier molecular flexibility index (Phi) is 7.16. The van der Waals surface area contributed by atoms with Gasteiger partial charge in [-0.1, -0.05) is 30.2 Å². The van der Waals surface area contributed by atoms with E-state index in [0.717, 1.165) is 37.3 Å². The number of aliphatic hydroxyl groups excluding tert-OH is 1. The van der Waals surface area contributed by atoms with Crippen molar-refractivity contribution in [2.75, 3.05) is 26.2 Å². The molecule has 1 aliphatic heterocycles. The van der Waals surface area contributed by atoms with E-state index in [2.05, 4.69) is 10.2 Å². The van der Waals surface area contributed by atoms with Crippen molar-refractivity contribution in [3.63, 3.8) is 0 Å². The molecule has 122 valence electrons. The molecule has 2 rings (SSSR count). The first kappa shape index (κ1) is 17.3. The van der Waals surface area contributed by atoms with Crippen LogP contribution in [-0.4, -0.2) is 48.2 Å². The van der Waals surface area contributed by atoms with Crippen LogP contribution in [0.3, 0.4) is 0 Å². The minimum Gasteiger partial charge on any atom is -0.396 e. The van der Waals surface area contributed by atoms with Crippen molar-refractivity contribution in [2.45, 2.75) is 38.1 Å². The average molecular weight is 325 g/mol. The molecule has 1 unspecified atom stereocenters. The van der Waals surface area contributed by atoms with Crippen molar-refractivity contribution >= 4 is 17.5 Å². The molecule has 1 saturated heterocycles. The van der Waals surface area contributed by atoms with Crippen molar-refractivity contribution in [1.29, 1.82) is 0 Å². The van der Waals surface area contributed by atoms with E-state index in [9.17, 15) is 4.79 Å². The lowest BCUT2D eigenvalue weighted by molar-refractivity contribution is -0.123. The molecule has 1 fully saturated rings. The van der Waals surface area contributed by atoms with E-state index in [4.69, 9.17) is 16.7 Å². The van der Waals surface area contributed by atoms with E-state index in [1.165, 1.54) is 12.0 Å². The summed E-state index contributed by atoms with van der Waals surface area (Å²) in [4.78, 5) is 14.3. The Labute approximate surface area is 137 Å². The fourth-order valence-electron chi connectivity index (χ4n) is 2.98. The molecule has 5 heteroatoms. The summed E-state index contributed by atoms with van der Waals surface area (Å²) in [7, 11) is 0. The number of amides is 1. The van der Waals surface area contributed by atoms with Gasteiger partial charge in [-0.05, 0) is 49.9 Å². The topological polar surface area (TPSA) is 52.6 Å². The maximum Gasteiger partial charge on any atom is 0.234 e. The molecule has 22 heavy (non-hydrogen) atoms. The van der Waals surface area contributed by atoms with Crippen molar-refractivity contribution in [3.8, 4) is 0 Å². The van der Waals surface area contributed by atoms with Gasteiger partial charge in [0.15, 0.2) is 0 Å². The number of nitrogens with zero attached hydrogens (tertiary/aromatic N) is 1. The maximum absolute atomic E-state index is 12.1. The number of piperidine rings is 1. The lowest BCUT2D eigenvalue weighted by Crippen LogP contribution is -2.46. The summed E-state index contributed by atoms with van der Waals surface area (Å²) in [5.74, 6) is 0.0683. The largest absolute Gasteiger partial charge is 0.396 e. The van der Waals surface area contributed by atoms with Crippen LogP contribution in [0.25, 0.3) is 0 Å². The number of carbonyl (C=O) groups is 1. The first-order valence-corrected chi connectivity index (χ1v) is 8.43. The molecule has 0 radical (unpaired) electrons. The molecular formula is C17H25ClN2O2. The van der Waals surface area contributed by atoms with Crippen molar-refractivity contribution < 1.29 is 9.90 Å². The van der Waals surface area contributed by atoms with Crippen molar-refractivity contribution in [3.05, 3.63) is 34.9 Å². The number of nitrogens with one attached hydrogen (secondary N) is 1. The van der Waals surface area contributed by atoms with Gasteiger partial charge >= 0.3 is 0 Å². The molecule has 4 nitrogen and oxygen atoms in total. The van der Waals surface area contributed by atoms with Gasteiger partial charge in [0.05, 0.1) is 6.54 Å². The molecular weight excluding hydrogens is 300 g/mol. The average Bonchev–Trinajstić information content (AvgIpc) is 2.51. The van der Waals surface area contributed by atoms with Gasteiger partial charge in [0.2, 0.25) is 5.91 Å². The zero-order valence-corrected chi connectivity index (χ0v) is 13.7. The summed E-state index contributed by atoms with van der Waals surface area (Å²) in [6.07, 6.45) is 4.99. The van der Waals surface area contributed by atoms with Gasteiger partial charge in [-0.25, -0.2) is 0 Å². The van der Waals surface area contributed by atoms with E-state index in [0.29, 0.717) is 19.1 Å². The van der Waals surface area contributed by atoms with Gasteiger partial charge in [0.25, 0.3) is 0 Å². The molecule has 0 spiro atoms. The highest BCUT2D eigenvalue weighted by molar-refractivity contribution is 6.30. The van der Waals surface area contributed by atoms with Crippen LogP contribution >= 0.6 is 11.6 Å². The number of rotatable bonds is 7. The number of benzene rings is 1. The molecule has 1 aliphatic rings. The zero-order valence-electron chi connectivity index (χ0n) is 12.9. The van der Waals surface area contributed by atoms with Gasteiger partial charge in [-0.2, -0.15) is 0 Å². The first-order valence-electron chi connectivity index (χ1n) is 8.05. The molecule has 1 aromatic carbocycles. The molecule has 0 aliphatic carbocycles. The van der Waals surface area contributed by atoms with E-state index in [1.807, 2.05) is 24.3 Å². The second-order valence-electron chi connectivity index (χ2n) is 5.86. The highest BCUT2D eigenvalue weighted by atomic mass is 35.5. The van der Waals surface area contributed by atoms with Crippen LogP contribution in [0.4, 0.5) is 0 Å². The highest BCUT2D eigenvalue weighted by Gasteiger charge is 2.23. The molecule has 1 atom stereocenters. The predicted octanol–water partition coefficient (Wildman–Crippen LogP) is 2.24. The second-order valence-corrected chi connectivity index (χ2v) is 6.30. The van der Waals surface area contributed by atoms with Crippen LogP contribution in [-0.2, 0) is 11.2 Å². The van der Waals surface area contributed by atoms with Crippen LogP contribution in [0.2, 0.25) is 5.02 Å². The van der Waals surface area contributed by atoms with E-state index in [1.54, 1.807) is 0 Å². The molecule has 2 N–H and O–H groups in total. The molecule has 1 amide bonds. The Balaban J connectivity index is 1.71. The normalized spacial score (nSPS) is 19.1. The summed E-state index contributed by atoms with van der Waals surface area (Å²) in [6.45, 7) is 2.22. The van der Waals surface area contributed by atoms with E-state index in [-0.39, 0.29) is 12.5 Å². The van der Waals surface area contributed by atoms with Crippen LogP contribution in [0, 0.1) is 0 Å². The van der Waals surface area contributed by atoms with E-state index >= 15 is 0 Å². The fourth-order valence-corrected chi connectivity index (χ4v) is 3.11. The zero-order chi connectivity index (χ0) is 15.8. The van der Waals surface area contributed by atoms with Gasteiger partial charge in [0, 0.05) is 24.2 Å². The third-order valence-electron chi connectivity index (χ3n) is 4.21. The Morgan fingerprint density at radius 3 is 2.82 bits per heavy atom. The molecule has 0 bridgehead atoms. The SMILES string of the molecule is O=C(CN1CCCCC1CCO)NCCc1ccc(Cl)cc1. The maximum atomic E-state index is 12.1. The Morgan fingerprint density at radius 2 is 2.09 bits per heavy atom. The number of hydrogen-bond acceptors (Lipinski definition) is 3. The third kappa shape index (κ3) is 5.59. The summed E-state index contributed by atoms with van der Waals surface area (Å²) in [5.41, 5.74) is 1.17. The molecule has 0 saturated carbocycles.